The number of amides is 1. The van der Waals surface area contributed by atoms with Gasteiger partial charge in [0.2, 0.25) is 5.91 Å². The van der Waals surface area contributed by atoms with Gasteiger partial charge in [-0.1, -0.05) is 30.3 Å². The molecule has 1 N–H and O–H groups in total. The fraction of sp³-hybridized carbons (Fsp3) is 0.273. The van der Waals surface area contributed by atoms with Crippen molar-refractivity contribution in [2.24, 2.45) is 18.1 Å². The molecule has 0 aliphatic heterocycles. The normalized spacial score (nSPS) is 18.8. The number of carbonyl (C=O) groups is 1. The van der Waals surface area contributed by atoms with Crippen LogP contribution in [-0.2, 0) is 11.8 Å². The molecule has 0 bridgehead atoms. The van der Waals surface area contributed by atoms with Crippen LogP contribution >= 0.6 is 0 Å². The molecular weight excluding hydrogens is 338 g/mol. The summed E-state index contributed by atoms with van der Waals surface area (Å²) in [6.45, 7) is 2.04. The van der Waals surface area contributed by atoms with Crippen molar-refractivity contribution in [2.75, 3.05) is 7.11 Å². The molecule has 1 fully saturated rings. The molecule has 1 aliphatic carbocycles. The van der Waals surface area contributed by atoms with Gasteiger partial charge in [0.15, 0.2) is 0 Å². The topological polar surface area (TPSA) is 55.6 Å². The van der Waals surface area contributed by atoms with Crippen molar-refractivity contribution in [3.05, 3.63) is 65.4 Å². The molecule has 0 spiro atoms. The van der Waals surface area contributed by atoms with E-state index in [0.29, 0.717) is 5.92 Å². The fourth-order valence-corrected chi connectivity index (χ4v) is 3.67. The number of aromatic nitrogens is 1. The molecule has 138 valence electrons. The van der Waals surface area contributed by atoms with Gasteiger partial charge in [0.25, 0.3) is 0 Å². The summed E-state index contributed by atoms with van der Waals surface area (Å²) in [6.07, 6.45) is 2.62. The summed E-state index contributed by atoms with van der Waals surface area (Å²) < 4.78 is 7.45. The van der Waals surface area contributed by atoms with Crippen LogP contribution in [0.3, 0.4) is 0 Å². The van der Waals surface area contributed by atoms with Crippen molar-refractivity contribution in [3.63, 3.8) is 0 Å². The van der Waals surface area contributed by atoms with Gasteiger partial charge in [0, 0.05) is 35.1 Å². The molecule has 2 atom stereocenters. The van der Waals surface area contributed by atoms with Gasteiger partial charge in [-0.3, -0.25) is 4.79 Å². The van der Waals surface area contributed by atoms with E-state index in [2.05, 4.69) is 27.2 Å². The van der Waals surface area contributed by atoms with Gasteiger partial charge in [0.05, 0.1) is 13.3 Å². The van der Waals surface area contributed by atoms with Crippen molar-refractivity contribution in [2.45, 2.75) is 19.3 Å². The van der Waals surface area contributed by atoms with E-state index in [1.165, 1.54) is 5.56 Å². The Morgan fingerprint density at radius 3 is 2.78 bits per heavy atom. The van der Waals surface area contributed by atoms with Crippen LogP contribution in [0.5, 0.6) is 5.75 Å². The maximum absolute atomic E-state index is 12.4. The Bertz CT molecular complexity index is 1020. The Kier molecular flexibility index (Phi) is 4.44. The van der Waals surface area contributed by atoms with E-state index in [0.717, 1.165) is 34.3 Å². The molecule has 1 aliphatic rings. The molecule has 1 amide bonds. The maximum Gasteiger partial charge on any atom is 0.243 e. The van der Waals surface area contributed by atoms with Crippen LogP contribution in [0.15, 0.2) is 53.6 Å². The number of aryl methyl sites for hydroxylation is 1. The zero-order chi connectivity index (χ0) is 19.0. The summed E-state index contributed by atoms with van der Waals surface area (Å²) in [7, 11) is 3.68. The fourth-order valence-electron chi connectivity index (χ4n) is 3.67. The average Bonchev–Trinajstić information content (AvgIpc) is 3.47. The second-order valence-electron chi connectivity index (χ2n) is 7.03. The lowest BCUT2D eigenvalue weighted by molar-refractivity contribution is -0.122. The van der Waals surface area contributed by atoms with E-state index in [4.69, 9.17) is 4.74 Å². The van der Waals surface area contributed by atoms with Crippen molar-refractivity contribution >= 4 is 23.0 Å². The summed E-state index contributed by atoms with van der Waals surface area (Å²) in [4.78, 5) is 12.4. The number of nitrogens with one attached hydrogen (secondary N) is 1. The van der Waals surface area contributed by atoms with Gasteiger partial charge < -0.3 is 9.30 Å². The summed E-state index contributed by atoms with van der Waals surface area (Å²) in [5.74, 6) is 1.11. The second-order valence-corrected chi connectivity index (χ2v) is 7.03. The van der Waals surface area contributed by atoms with Gasteiger partial charge >= 0.3 is 0 Å². The molecule has 27 heavy (non-hydrogen) atoms. The molecule has 0 unspecified atom stereocenters. The molecule has 1 aromatic heterocycles. The van der Waals surface area contributed by atoms with Crippen LogP contribution in [0.2, 0.25) is 0 Å². The molecule has 0 saturated heterocycles. The van der Waals surface area contributed by atoms with Crippen molar-refractivity contribution in [1.82, 2.24) is 9.99 Å². The number of rotatable bonds is 5. The van der Waals surface area contributed by atoms with Crippen molar-refractivity contribution in [1.29, 1.82) is 0 Å². The zero-order valence-electron chi connectivity index (χ0n) is 15.8. The zero-order valence-corrected chi connectivity index (χ0v) is 15.8. The number of benzene rings is 2. The number of nitrogens with zero attached hydrogens (tertiary/aromatic N) is 2. The Labute approximate surface area is 158 Å². The third kappa shape index (κ3) is 3.21. The predicted octanol–water partition coefficient (Wildman–Crippen LogP) is 3.75. The largest absolute Gasteiger partial charge is 0.497 e. The number of hydrazone groups is 1. The van der Waals surface area contributed by atoms with E-state index >= 15 is 0 Å². The summed E-state index contributed by atoms with van der Waals surface area (Å²) in [5.41, 5.74) is 7.11. The Morgan fingerprint density at radius 2 is 2.04 bits per heavy atom. The number of carbonyl (C=O) groups excluding carboxylic acids is 1. The number of fused-ring (bicyclic) bond motifs is 1. The first kappa shape index (κ1) is 17.3. The quantitative estimate of drug-likeness (QED) is 0.556. The van der Waals surface area contributed by atoms with Crippen LogP contribution < -0.4 is 10.2 Å². The molecule has 5 heteroatoms. The number of hydrogen-bond donors (Lipinski definition) is 1. The highest BCUT2D eigenvalue weighted by Crippen LogP contribution is 2.47. The summed E-state index contributed by atoms with van der Waals surface area (Å²) in [6, 6.07) is 16.1. The SMILES string of the molecule is COc1ccc2c(c1)c(/C=N/NC(=O)[C@H]1C[C@@H]1c1ccccc1)c(C)n2C. The summed E-state index contributed by atoms with van der Waals surface area (Å²) in [5, 5.41) is 5.29. The van der Waals surface area contributed by atoms with E-state index in [1.807, 2.05) is 50.4 Å². The van der Waals surface area contributed by atoms with E-state index < -0.39 is 0 Å². The van der Waals surface area contributed by atoms with Gasteiger partial charge in [0.1, 0.15) is 5.75 Å². The third-order valence-corrected chi connectivity index (χ3v) is 5.47. The lowest BCUT2D eigenvalue weighted by Crippen LogP contribution is -2.20. The maximum atomic E-state index is 12.4. The van der Waals surface area contributed by atoms with Crippen LogP contribution in [0.4, 0.5) is 0 Å². The van der Waals surface area contributed by atoms with Crippen LogP contribution in [0.25, 0.3) is 10.9 Å². The van der Waals surface area contributed by atoms with Crippen molar-refractivity contribution in [3.8, 4) is 5.75 Å². The Balaban J connectivity index is 1.49. The molecule has 0 radical (unpaired) electrons. The minimum absolute atomic E-state index is 0.0123. The lowest BCUT2D eigenvalue weighted by Gasteiger charge is -2.01. The molecule has 2 aromatic carbocycles. The minimum Gasteiger partial charge on any atom is -0.497 e. The monoisotopic (exact) mass is 361 g/mol. The average molecular weight is 361 g/mol. The third-order valence-electron chi connectivity index (χ3n) is 5.47. The van der Waals surface area contributed by atoms with E-state index in [9.17, 15) is 4.79 Å². The first-order chi connectivity index (χ1) is 13.1. The van der Waals surface area contributed by atoms with Gasteiger partial charge in [-0.2, -0.15) is 5.10 Å². The second kappa shape index (κ2) is 6.91. The van der Waals surface area contributed by atoms with Crippen LogP contribution in [-0.4, -0.2) is 23.8 Å². The van der Waals surface area contributed by atoms with Crippen LogP contribution in [0, 0.1) is 12.8 Å². The molecule has 5 nitrogen and oxygen atoms in total. The highest BCUT2D eigenvalue weighted by atomic mass is 16.5. The first-order valence-corrected chi connectivity index (χ1v) is 9.11. The molecule has 4 rings (SSSR count). The van der Waals surface area contributed by atoms with Gasteiger partial charge in [-0.25, -0.2) is 5.43 Å². The standard InChI is InChI=1S/C22H23N3O2/c1-14-20(18-11-16(27-3)9-10-21(18)25(14)2)13-23-24-22(26)19-12-17(19)15-7-5-4-6-8-15/h4-11,13,17,19H,12H2,1-3H3,(H,24,26)/b23-13+/t17-,19+/m1/s1. The number of ether oxygens (including phenoxy) is 1. The highest BCUT2D eigenvalue weighted by Gasteiger charge is 2.43. The number of hydrogen-bond acceptors (Lipinski definition) is 3. The highest BCUT2D eigenvalue weighted by molar-refractivity contribution is 6.02. The molecule has 3 aromatic rings. The van der Waals surface area contributed by atoms with E-state index in [-0.39, 0.29) is 11.8 Å². The van der Waals surface area contributed by atoms with Gasteiger partial charge in [-0.15, -0.1) is 0 Å². The predicted molar refractivity (Wildman–Crippen MR) is 107 cm³/mol. The Hall–Kier alpha value is -3.08. The van der Waals surface area contributed by atoms with Gasteiger partial charge in [-0.05, 0) is 43.0 Å². The minimum atomic E-state index is -0.0180. The smallest absolute Gasteiger partial charge is 0.243 e. The first-order valence-electron chi connectivity index (χ1n) is 9.11. The van der Waals surface area contributed by atoms with Crippen LogP contribution in [0.1, 0.15) is 29.2 Å². The number of methoxy groups -OCH3 is 1. The summed E-state index contributed by atoms with van der Waals surface area (Å²) >= 11 is 0. The molecule has 1 heterocycles. The molecule has 1 saturated carbocycles. The Morgan fingerprint density at radius 1 is 1.26 bits per heavy atom. The molecular formula is C22H23N3O2. The van der Waals surface area contributed by atoms with E-state index in [1.54, 1.807) is 13.3 Å². The van der Waals surface area contributed by atoms with Crippen molar-refractivity contribution < 1.29 is 9.53 Å². The lowest BCUT2D eigenvalue weighted by atomic mass is 10.1.